The monoisotopic (exact) mass is 394 g/mol. The summed E-state index contributed by atoms with van der Waals surface area (Å²) in [5, 5.41) is 1.00. The predicted molar refractivity (Wildman–Crippen MR) is 103 cm³/mol. The number of urea groups is 1. The van der Waals surface area contributed by atoms with E-state index in [0.29, 0.717) is 41.4 Å². The fraction of sp³-hybridized carbons (Fsp3) is 0.600. The maximum Gasteiger partial charge on any atom is 0.320 e. The van der Waals surface area contributed by atoms with Crippen LogP contribution in [0.15, 0.2) is 18.2 Å². The van der Waals surface area contributed by atoms with Crippen LogP contribution >= 0.6 is 23.2 Å². The smallest absolute Gasteiger partial charge is 0.320 e. The van der Waals surface area contributed by atoms with E-state index < -0.39 is 5.41 Å². The Labute approximate surface area is 164 Å². The molecule has 0 radical (unpaired) electrons. The number of carbonyl (C=O) groups excluding carboxylic acids is 2. The van der Waals surface area contributed by atoms with Crippen molar-refractivity contribution in [2.45, 2.75) is 37.5 Å². The van der Waals surface area contributed by atoms with Gasteiger partial charge in [0.05, 0.1) is 10.0 Å². The summed E-state index contributed by atoms with van der Waals surface area (Å²) in [4.78, 5) is 28.5. The Morgan fingerprint density at radius 2 is 1.58 bits per heavy atom. The van der Waals surface area contributed by atoms with E-state index in [4.69, 9.17) is 23.2 Å². The Morgan fingerprint density at radius 3 is 2.04 bits per heavy atom. The molecule has 1 saturated heterocycles. The molecule has 2 amide bonds. The Bertz CT molecular complexity index is 690. The van der Waals surface area contributed by atoms with E-state index in [0.717, 1.165) is 24.9 Å². The van der Waals surface area contributed by atoms with Gasteiger partial charge in [0.25, 0.3) is 0 Å². The quantitative estimate of drug-likeness (QED) is 0.643. The van der Waals surface area contributed by atoms with E-state index in [1.165, 1.54) is 25.7 Å². The number of hydrogen-bond acceptors (Lipinski definition) is 2. The third kappa shape index (κ3) is 3.72. The first-order chi connectivity index (χ1) is 12.5. The molecule has 2 saturated carbocycles. The number of benzene rings is 1. The van der Waals surface area contributed by atoms with Gasteiger partial charge in [-0.1, -0.05) is 29.3 Å². The second kappa shape index (κ2) is 7.05. The highest BCUT2D eigenvalue weighted by Gasteiger charge is 2.46. The normalized spacial score (nSPS) is 22.6. The lowest BCUT2D eigenvalue weighted by Gasteiger charge is -2.48. The minimum atomic E-state index is -0.423. The first-order valence-corrected chi connectivity index (χ1v) is 10.2. The molecule has 26 heavy (non-hydrogen) atoms. The number of hydrogen-bond donors (Lipinski definition) is 0. The molecule has 0 N–H and O–H groups in total. The Morgan fingerprint density at radius 1 is 1.00 bits per heavy atom. The van der Waals surface area contributed by atoms with Crippen molar-refractivity contribution < 1.29 is 9.59 Å². The Balaban J connectivity index is 1.68. The molecule has 4 rings (SSSR count). The summed E-state index contributed by atoms with van der Waals surface area (Å²) in [7, 11) is 0. The summed E-state index contributed by atoms with van der Waals surface area (Å²) >= 11 is 12.4. The van der Waals surface area contributed by atoms with Crippen LogP contribution in [0.25, 0.3) is 0 Å². The summed E-state index contributed by atoms with van der Waals surface area (Å²) in [5.41, 5.74) is 0.571. The number of amides is 2. The van der Waals surface area contributed by atoms with Gasteiger partial charge in [0, 0.05) is 38.0 Å². The van der Waals surface area contributed by atoms with Crippen LogP contribution in [0.1, 0.15) is 37.7 Å². The van der Waals surface area contributed by atoms with Gasteiger partial charge in [-0.25, -0.2) is 4.79 Å². The van der Waals surface area contributed by atoms with Gasteiger partial charge >= 0.3 is 6.03 Å². The van der Waals surface area contributed by atoms with Crippen molar-refractivity contribution in [2.75, 3.05) is 26.2 Å². The van der Waals surface area contributed by atoms with Crippen LogP contribution in [0.4, 0.5) is 4.79 Å². The van der Waals surface area contributed by atoms with Crippen molar-refractivity contribution >= 4 is 35.5 Å². The molecule has 6 heteroatoms. The number of nitrogens with zero attached hydrogens (tertiary/aromatic N) is 2. The van der Waals surface area contributed by atoms with E-state index >= 15 is 0 Å². The first kappa shape index (κ1) is 18.1. The second-order valence-electron chi connectivity index (χ2n) is 8.21. The molecule has 0 aromatic heterocycles. The van der Waals surface area contributed by atoms with Crippen molar-refractivity contribution in [1.82, 2.24) is 9.80 Å². The standard InChI is InChI=1S/C20H24Cl2N2O2/c21-17-6-5-16(9-18(17)22)20(7-8-25)12-23(10-14-1-2-14)19(26)24(13-20)11-15-3-4-15/h5-6,8-9,14-15H,1-4,7,10-13H2. The highest BCUT2D eigenvalue weighted by Crippen LogP contribution is 2.40. The highest BCUT2D eigenvalue weighted by molar-refractivity contribution is 6.42. The first-order valence-electron chi connectivity index (χ1n) is 9.44. The average molecular weight is 395 g/mol. The molecule has 0 bridgehead atoms. The molecule has 2 aliphatic carbocycles. The van der Waals surface area contributed by atoms with Crippen molar-refractivity contribution in [3.63, 3.8) is 0 Å². The maximum atomic E-state index is 13.0. The number of rotatable bonds is 7. The van der Waals surface area contributed by atoms with Gasteiger partial charge in [-0.3, -0.25) is 0 Å². The molecule has 0 spiro atoms. The van der Waals surface area contributed by atoms with Crippen LogP contribution in [0, 0.1) is 11.8 Å². The third-order valence-corrected chi connectivity index (χ3v) is 6.62. The number of halogens is 2. The topological polar surface area (TPSA) is 40.6 Å². The van der Waals surface area contributed by atoms with Crippen molar-refractivity contribution in [1.29, 1.82) is 0 Å². The van der Waals surface area contributed by atoms with Crippen LogP contribution in [-0.4, -0.2) is 48.3 Å². The molecule has 1 aliphatic heterocycles. The summed E-state index contributed by atoms with van der Waals surface area (Å²) in [6, 6.07) is 5.75. The molecule has 1 heterocycles. The van der Waals surface area contributed by atoms with E-state index in [2.05, 4.69) is 0 Å². The van der Waals surface area contributed by atoms with Crippen LogP contribution in [0.5, 0.6) is 0 Å². The molecule has 4 nitrogen and oxygen atoms in total. The second-order valence-corrected chi connectivity index (χ2v) is 9.02. The predicted octanol–water partition coefficient (Wildman–Crippen LogP) is 4.38. The van der Waals surface area contributed by atoms with E-state index in [9.17, 15) is 9.59 Å². The Hall–Kier alpha value is -1.26. The van der Waals surface area contributed by atoms with E-state index in [-0.39, 0.29) is 6.03 Å². The minimum Gasteiger partial charge on any atom is -0.323 e. The van der Waals surface area contributed by atoms with Crippen molar-refractivity contribution in [3.05, 3.63) is 33.8 Å². The lowest BCUT2D eigenvalue weighted by molar-refractivity contribution is -0.109. The van der Waals surface area contributed by atoms with E-state index in [1.807, 2.05) is 21.9 Å². The van der Waals surface area contributed by atoms with Gasteiger partial charge < -0.3 is 14.6 Å². The third-order valence-electron chi connectivity index (χ3n) is 5.89. The van der Waals surface area contributed by atoms with Gasteiger partial charge in [-0.15, -0.1) is 0 Å². The number of aldehydes is 1. The summed E-state index contributed by atoms with van der Waals surface area (Å²) < 4.78 is 0. The van der Waals surface area contributed by atoms with Gasteiger partial charge in [-0.05, 0) is 55.2 Å². The zero-order valence-electron chi connectivity index (χ0n) is 14.8. The fourth-order valence-corrected chi connectivity index (χ4v) is 4.34. The summed E-state index contributed by atoms with van der Waals surface area (Å²) in [5.74, 6) is 1.23. The van der Waals surface area contributed by atoms with Crippen molar-refractivity contribution in [2.24, 2.45) is 11.8 Å². The molecule has 0 atom stereocenters. The fourth-order valence-electron chi connectivity index (χ4n) is 4.04. The Kier molecular flexibility index (Phi) is 4.91. The van der Waals surface area contributed by atoms with Gasteiger partial charge in [0.15, 0.2) is 0 Å². The number of carbonyl (C=O) groups is 2. The SMILES string of the molecule is O=CCC1(c2ccc(Cl)c(Cl)c2)CN(CC2CC2)C(=O)N(CC2CC2)C1. The van der Waals surface area contributed by atoms with Gasteiger partial charge in [0.2, 0.25) is 0 Å². The zero-order valence-corrected chi connectivity index (χ0v) is 16.3. The molecule has 0 unspecified atom stereocenters. The van der Waals surface area contributed by atoms with Crippen LogP contribution in [-0.2, 0) is 10.2 Å². The lowest BCUT2D eigenvalue weighted by atomic mass is 9.75. The molecular weight excluding hydrogens is 371 g/mol. The molecule has 3 fully saturated rings. The summed E-state index contributed by atoms with van der Waals surface area (Å²) in [6.45, 7) is 2.73. The van der Waals surface area contributed by atoms with Crippen LogP contribution in [0.3, 0.4) is 0 Å². The highest BCUT2D eigenvalue weighted by atomic mass is 35.5. The van der Waals surface area contributed by atoms with Crippen LogP contribution < -0.4 is 0 Å². The van der Waals surface area contributed by atoms with Crippen molar-refractivity contribution in [3.8, 4) is 0 Å². The average Bonchev–Trinajstić information content (AvgIpc) is 3.51. The molecule has 1 aromatic carbocycles. The lowest BCUT2D eigenvalue weighted by Crippen LogP contribution is -2.61. The van der Waals surface area contributed by atoms with Gasteiger partial charge in [-0.2, -0.15) is 0 Å². The molecule has 3 aliphatic rings. The maximum absolute atomic E-state index is 13.0. The largest absolute Gasteiger partial charge is 0.323 e. The van der Waals surface area contributed by atoms with E-state index in [1.54, 1.807) is 6.07 Å². The minimum absolute atomic E-state index is 0.130. The molecule has 140 valence electrons. The summed E-state index contributed by atoms with van der Waals surface area (Å²) in [6.07, 6.45) is 6.13. The van der Waals surface area contributed by atoms with Gasteiger partial charge in [0.1, 0.15) is 6.29 Å². The molecular formula is C20H24Cl2N2O2. The zero-order chi connectivity index (χ0) is 18.3. The van der Waals surface area contributed by atoms with Crippen LogP contribution in [0.2, 0.25) is 10.0 Å². The molecule has 1 aromatic rings.